The van der Waals surface area contributed by atoms with Gasteiger partial charge in [-0.25, -0.2) is 0 Å². The molecule has 32 heavy (non-hydrogen) atoms. The average molecular weight is 442 g/mol. The molecule has 0 radical (unpaired) electrons. The summed E-state index contributed by atoms with van der Waals surface area (Å²) in [6.07, 6.45) is -0.259. The lowest BCUT2D eigenvalue weighted by atomic mass is 9.91. The number of methoxy groups -OCH3 is 3. The molecule has 1 unspecified atom stereocenters. The zero-order chi connectivity index (χ0) is 23.4. The lowest BCUT2D eigenvalue weighted by Crippen LogP contribution is -2.14. The standard InChI is InChI=1S/C23H22O9/c1-12(24)31-23-17(28-2)9-13(10-18(23)29-3)15(11-19(25)30-4)22-21(27)20(26)14-7-5-6-8-16(14)32-22/h5-10,15,27H,11H2,1-4H3. The van der Waals surface area contributed by atoms with Gasteiger partial charge >= 0.3 is 11.9 Å². The van der Waals surface area contributed by atoms with Crippen molar-refractivity contribution in [3.63, 3.8) is 0 Å². The second-order valence-electron chi connectivity index (χ2n) is 6.82. The van der Waals surface area contributed by atoms with Gasteiger partial charge in [0.2, 0.25) is 16.9 Å². The lowest BCUT2D eigenvalue weighted by molar-refractivity contribution is -0.141. The maximum absolute atomic E-state index is 12.7. The first kappa shape index (κ1) is 22.7. The molecule has 0 saturated heterocycles. The summed E-state index contributed by atoms with van der Waals surface area (Å²) >= 11 is 0. The predicted molar refractivity (Wildman–Crippen MR) is 113 cm³/mol. The van der Waals surface area contributed by atoms with Crippen molar-refractivity contribution in [2.75, 3.05) is 21.3 Å². The number of hydrogen-bond donors (Lipinski definition) is 1. The summed E-state index contributed by atoms with van der Waals surface area (Å²) in [7, 11) is 3.96. The van der Waals surface area contributed by atoms with Crippen LogP contribution in [-0.2, 0) is 14.3 Å². The van der Waals surface area contributed by atoms with E-state index in [1.54, 1.807) is 18.2 Å². The Kier molecular flexibility index (Phi) is 6.67. The number of aromatic hydroxyl groups is 1. The van der Waals surface area contributed by atoms with E-state index in [2.05, 4.69) is 0 Å². The Bertz CT molecular complexity index is 1200. The molecule has 0 aliphatic carbocycles. The summed E-state index contributed by atoms with van der Waals surface area (Å²) < 4.78 is 26.5. The summed E-state index contributed by atoms with van der Waals surface area (Å²) in [4.78, 5) is 36.4. The van der Waals surface area contributed by atoms with Crippen molar-refractivity contribution in [3.8, 4) is 23.0 Å². The van der Waals surface area contributed by atoms with Gasteiger partial charge in [0.25, 0.3) is 0 Å². The third-order valence-corrected chi connectivity index (χ3v) is 4.85. The van der Waals surface area contributed by atoms with E-state index in [1.807, 2.05) is 0 Å². The molecule has 1 N–H and O–H groups in total. The minimum Gasteiger partial charge on any atom is -0.502 e. The smallest absolute Gasteiger partial charge is 0.308 e. The van der Waals surface area contributed by atoms with Gasteiger partial charge in [-0.2, -0.15) is 0 Å². The molecule has 3 rings (SSSR count). The minimum absolute atomic E-state index is 0.0484. The van der Waals surface area contributed by atoms with Crippen LogP contribution in [0.15, 0.2) is 45.6 Å². The molecule has 0 aliphatic rings. The largest absolute Gasteiger partial charge is 0.502 e. The number of carbonyl (C=O) groups is 2. The van der Waals surface area contributed by atoms with Crippen LogP contribution < -0.4 is 19.6 Å². The summed E-state index contributed by atoms with van der Waals surface area (Å²) in [5.41, 5.74) is 0.0107. The SMILES string of the molecule is COC(=O)CC(c1cc(OC)c(OC(C)=O)c(OC)c1)c1oc2ccccc2c(=O)c1O. The molecule has 9 nitrogen and oxygen atoms in total. The molecule has 1 atom stereocenters. The highest BCUT2D eigenvalue weighted by molar-refractivity contribution is 5.79. The topological polar surface area (TPSA) is 122 Å². The minimum atomic E-state index is -0.936. The van der Waals surface area contributed by atoms with Crippen LogP contribution in [0.5, 0.6) is 23.0 Å². The number of ether oxygens (including phenoxy) is 4. The van der Waals surface area contributed by atoms with Gasteiger partial charge in [0, 0.05) is 6.92 Å². The maximum Gasteiger partial charge on any atom is 0.308 e. The predicted octanol–water partition coefficient (Wildman–Crippen LogP) is 3.14. The van der Waals surface area contributed by atoms with Crippen molar-refractivity contribution < 1.29 is 38.1 Å². The van der Waals surface area contributed by atoms with E-state index < -0.39 is 29.0 Å². The van der Waals surface area contributed by atoms with Crippen molar-refractivity contribution in [1.29, 1.82) is 0 Å². The average Bonchev–Trinajstić information content (AvgIpc) is 2.79. The third kappa shape index (κ3) is 4.36. The monoisotopic (exact) mass is 442 g/mol. The van der Waals surface area contributed by atoms with Crippen molar-refractivity contribution in [1.82, 2.24) is 0 Å². The molecule has 168 valence electrons. The van der Waals surface area contributed by atoms with Crippen LogP contribution in [0.2, 0.25) is 0 Å². The van der Waals surface area contributed by atoms with E-state index >= 15 is 0 Å². The molecule has 0 fully saturated rings. The Labute approximate surface area is 183 Å². The fraction of sp³-hybridized carbons (Fsp3) is 0.261. The molecule has 9 heteroatoms. The molecule has 0 spiro atoms. The fourth-order valence-electron chi connectivity index (χ4n) is 3.34. The number of carbonyl (C=O) groups excluding carboxylic acids is 2. The van der Waals surface area contributed by atoms with Gasteiger partial charge in [-0.3, -0.25) is 14.4 Å². The number of para-hydroxylation sites is 1. The Hall–Kier alpha value is -4.01. The van der Waals surface area contributed by atoms with Crippen LogP contribution >= 0.6 is 0 Å². The van der Waals surface area contributed by atoms with Crippen molar-refractivity contribution >= 4 is 22.9 Å². The van der Waals surface area contributed by atoms with E-state index in [-0.39, 0.29) is 40.4 Å². The van der Waals surface area contributed by atoms with Gasteiger partial charge in [-0.1, -0.05) is 12.1 Å². The van der Waals surface area contributed by atoms with E-state index in [4.69, 9.17) is 23.4 Å². The highest BCUT2D eigenvalue weighted by Crippen LogP contribution is 2.44. The summed E-state index contributed by atoms with van der Waals surface area (Å²) in [5.74, 6) is -2.53. The summed E-state index contributed by atoms with van der Waals surface area (Å²) in [6, 6.07) is 9.45. The molecule has 0 bridgehead atoms. The highest BCUT2D eigenvalue weighted by Gasteiger charge is 2.29. The Balaban J connectivity index is 2.27. The number of fused-ring (bicyclic) bond motifs is 1. The van der Waals surface area contributed by atoms with Crippen LogP contribution in [-0.4, -0.2) is 38.4 Å². The van der Waals surface area contributed by atoms with E-state index in [0.29, 0.717) is 5.56 Å². The second kappa shape index (κ2) is 9.42. The number of esters is 2. The molecular weight excluding hydrogens is 420 g/mol. The van der Waals surface area contributed by atoms with Gasteiger partial charge < -0.3 is 28.5 Å². The molecule has 2 aromatic carbocycles. The van der Waals surface area contributed by atoms with Crippen molar-refractivity contribution in [2.45, 2.75) is 19.3 Å². The molecule has 0 aliphatic heterocycles. The van der Waals surface area contributed by atoms with E-state index in [9.17, 15) is 19.5 Å². The zero-order valence-corrected chi connectivity index (χ0v) is 18.0. The van der Waals surface area contributed by atoms with Gasteiger partial charge in [-0.15, -0.1) is 0 Å². The molecule has 3 aromatic rings. The first-order chi connectivity index (χ1) is 15.3. The molecule has 0 amide bonds. The van der Waals surface area contributed by atoms with Crippen molar-refractivity contribution in [3.05, 3.63) is 57.9 Å². The molecule has 1 heterocycles. The van der Waals surface area contributed by atoms with Crippen LogP contribution in [0.25, 0.3) is 11.0 Å². The van der Waals surface area contributed by atoms with Crippen LogP contribution in [0.4, 0.5) is 0 Å². The lowest BCUT2D eigenvalue weighted by Gasteiger charge is -2.20. The highest BCUT2D eigenvalue weighted by atomic mass is 16.6. The Morgan fingerprint density at radius 1 is 1.06 bits per heavy atom. The zero-order valence-electron chi connectivity index (χ0n) is 18.0. The van der Waals surface area contributed by atoms with E-state index in [1.165, 1.54) is 46.5 Å². The molecular formula is C23H22O9. The summed E-state index contributed by atoms with van der Waals surface area (Å²) in [6.45, 7) is 1.23. The normalized spacial score (nSPS) is 11.6. The first-order valence-corrected chi connectivity index (χ1v) is 9.56. The number of hydrogen-bond acceptors (Lipinski definition) is 9. The van der Waals surface area contributed by atoms with Gasteiger partial charge in [-0.05, 0) is 29.8 Å². The Morgan fingerprint density at radius 3 is 2.25 bits per heavy atom. The molecule has 0 saturated carbocycles. The van der Waals surface area contributed by atoms with E-state index in [0.717, 1.165) is 0 Å². The summed E-state index contributed by atoms with van der Waals surface area (Å²) in [5, 5.41) is 10.8. The van der Waals surface area contributed by atoms with Crippen LogP contribution in [0.1, 0.15) is 30.6 Å². The second-order valence-corrected chi connectivity index (χ2v) is 6.82. The number of benzene rings is 2. The quantitative estimate of drug-likeness (QED) is 0.434. The van der Waals surface area contributed by atoms with Gasteiger partial charge in [0.15, 0.2) is 17.3 Å². The van der Waals surface area contributed by atoms with Gasteiger partial charge in [0.05, 0.1) is 39.1 Å². The number of rotatable bonds is 7. The Morgan fingerprint density at radius 2 is 1.69 bits per heavy atom. The van der Waals surface area contributed by atoms with Crippen LogP contribution in [0, 0.1) is 0 Å². The third-order valence-electron chi connectivity index (χ3n) is 4.85. The maximum atomic E-state index is 12.7. The molecule has 1 aromatic heterocycles. The first-order valence-electron chi connectivity index (χ1n) is 9.56. The van der Waals surface area contributed by atoms with Crippen molar-refractivity contribution in [2.24, 2.45) is 0 Å². The van der Waals surface area contributed by atoms with Crippen LogP contribution in [0.3, 0.4) is 0 Å². The fourth-order valence-corrected chi connectivity index (χ4v) is 3.34. The van der Waals surface area contributed by atoms with Gasteiger partial charge in [0.1, 0.15) is 5.58 Å².